The van der Waals surface area contributed by atoms with Crippen molar-refractivity contribution in [3.63, 3.8) is 0 Å². The van der Waals surface area contributed by atoms with E-state index in [1.165, 1.54) is 19.3 Å². The van der Waals surface area contributed by atoms with Crippen LogP contribution in [0.4, 0.5) is 0 Å². The van der Waals surface area contributed by atoms with E-state index in [9.17, 15) is 5.11 Å². The lowest BCUT2D eigenvalue weighted by atomic mass is 9.85. The number of methoxy groups -OCH3 is 1. The first-order valence-electron chi connectivity index (χ1n) is 8.16. The topological polar surface area (TPSA) is 44.7 Å². The largest absolute Gasteiger partial charge is 0.394 e. The van der Waals surface area contributed by atoms with Crippen LogP contribution < -0.4 is 5.32 Å². The van der Waals surface area contributed by atoms with Crippen LogP contribution in [0.5, 0.6) is 0 Å². The van der Waals surface area contributed by atoms with Gasteiger partial charge < -0.3 is 15.2 Å². The molecule has 0 aromatic heterocycles. The molecule has 3 unspecified atom stereocenters. The molecule has 0 bridgehead atoms. The normalized spacial score (nSPS) is 28.2. The average molecular weight is 286 g/mol. The molecular weight excluding hydrogens is 252 g/mol. The van der Waals surface area contributed by atoms with Crippen LogP contribution in [-0.2, 0) is 4.74 Å². The number of nitrogens with zero attached hydrogens (tertiary/aromatic N) is 1. The van der Waals surface area contributed by atoms with Crippen LogP contribution in [0.2, 0.25) is 0 Å². The summed E-state index contributed by atoms with van der Waals surface area (Å²) in [5.41, 5.74) is -0.0393. The molecule has 0 aromatic carbocycles. The summed E-state index contributed by atoms with van der Waals surface area (Å²) in [5, 5.41) is 13.1. The third-order valence-electron chi connectivity index (χ3n) is 5.30. The Bertz CT molecular complexity index is 257. The van der Waals surface area contributed by atoms with Crippen molar-refractivity contribution in [1.82, 2.24) is 10.2 Å². The minimum Gasteiger partial charge on any atom is -0.394 e. The van der Waals surface area contributed by atoms with E-state index < -0.39 is 0 Å². The maximum absolute atomic E-state index is 9.75. The molecule has 0 aliphatic heterocycles. The summed E-state index contributed by atoms with van der Waals surface area (Å²) < 4.78 is 5.23. The highest BCUT2D eigenvalue weighted by Gasteiger charge is 2.40. The highest BCUT2D eigenvalue weighted by molar-refractivity contribution is 4.98. The number of aliphatic hydroxyl groups is 1. The van der Waals surface area contributed by atoms with Gasteiger partial charge in [-0.1, -0.05) is 13.3 Å². The van der Waals surface area contributed by atoms with Crippen molar-refractivity contribution in [3.8, 4) is 0 Å². The molecule has 4 heteroatoms. The number of hydrogen-bond donors (Lipinski definition) is 2. The van der Waals surface area contributed by atoms with E-state index >= 15 is 0 Å². The zero-order chi connectivity index (χ0) is 15.0. The molecule has 1 rings (SSSR count). The van der Waals surface area contributed by atoms with Gasteiger partial charge in [-0.2, -0.15) is 0 Å². The van der Waals surface area contributed by atoms with Crippen molar-refractivity contribution in [2.75, 3.05) is 40.5 Å². The van der Waals surface area contributed by atoms with Gasteiger partial charge >= 0.3 is 0 Å². The molecule has 1 saturated carbocycles. The Morgan fingerprint density at radius 2 is 2.20 bits per heavy atom. The predicted octanol–water partition coefficient (Wildman–Crippen LogP) is 1.87. The highest BCUT2D eigenvalue weighted by Crippen LogP contribution is 2.37. The first-order chi connectivity index (χ1) is 9.63. The van der Waals surface area contributed by atoms with E-state index in [1.807, 2.05) is 7.05 Å². The molecule has 0 amide bonds. The Hall–Kier alpha value is -0.160. The lowest BCUT2D eigenvalue weighted by molar-refractivity contribution is 0.0946. The molecule has 0 heterocycles. The monoisotopic (exact) mass is 286 g/mol. The number of likely N-dealkylation sites (N-methyl/N-ethyl adjacent to an activating group) is 1. The molecule has 0 aromatic rings. The summed E-state index contributed by atoms with van der Waals surface area (Å²) in [7, 11) is 3.76. The fourth-order valence-electron chi connectivity index (χ4n) is 3.52. The molecule has 120 valence electrons. The number of hydrogen-bond acceptors (Lipinski definition) is 4. The fourth-order valence-corrected chi connectivity index (χ4v) is 3.52. The van der Waals surface area contributed by atoms with E-state index in [2.05, 4.69) is 24.1 Å². The van der Waals surface area contributed by atoms with Crippen molar-refractivity contribution < 1.29 is 9.84 Å². The summed E-state index contributed by atoms with van der Waals surface area (Å²) >= 11 is 0. The third-order valence-corrected chi connectivity index (χ3v) is 5.30. The van der Waals surface area contributed by atoms with Crippen LogP contribution in [0.1, 0.15) is 46.0 Å². The molecule has 2 N–H and O–H groups in total. The molecule has 1 fully saturated rings. The summed E-state index contributed by atoms with van der Waals surface area (Å²) in [5.74, 6) is 0.589. The molecule has 1 aliphatic rings. The number of rotatable bonds is 10. The molecule has 1 aliphatic carbocycles. The Balaban J connectivity index is 2.53. The van der Waals surface area contributed by atoms with E-state index in [0.29, 0.717) is 12.0 Å². The molecule has 0 spiro atoms. The summed E-state index contributed by atoms with van der Waals surface area (Å²) in [4.78, 5) is 2.53. The third kappa shape index (κ3) is 4.42. The number of aliphatic hydroxyl groups excluding tert-OH is 1. The van der Waals surface area contributed by atoms with Gasteiger partial charge in [0.2, 0.25) is 0 Å². The first-order valence-corrected chi connectivity index (χ1v) is 8.16. The average Bonchev–Trinajstić information content (AvgIpc) is 2.90. The molecular formula is C16H34N2O2. The molecule has 3 atom stereocenters. The van der Waals surface area contributed by atoms with Crippen LogP contribution in [-0.4, -0.2) is 62.0 Å². The van der Waals surface area contributed by atoms with E-state index in [0.717, 1.165) is 32.5 Å². The summed E-state index contributed by atoms with van der Waals surface area (Å²) in [6, 6.07) is 0.602. The van der Waals surface area contributed by atoms with Crippen molar-refractivity contribution in [2.24, 2.45) is 5.92 Å². The first kappa shape index (κ1) is 17.9. The number of ether oxygens (including phenoxy) is 1. The number of nitrogens with one attached hydrogen (secondary N) is 1. The van der Waals surface area contributed by atoms with Gasteiger partial charge in [0, 0.05) is 25.2 Å². The van der Waals surface area contributed by atoms with Gasteiger partial charge in [-0.05, 0) is 52.1 Å². The maximum Gasteiger partial charge on any atom is 0.0615 e. The van der Waals surface area contributed by atoms with Gasteiger partial charge in [-0.3, -0.25) is 4.90 Å². The van der Waals surface area contributed by atoms with Crippen LogP contribution in [0.3, 0.4) is 0 Å². The SMILES string of the molecule is CCC(C)N(CCOC)CCC1CCCC1(CO)NC. The predicted molar refractivity (Wildman–Crippen MR) is 84.0 cm³/mol. The summed E-state index contributed by atoms with van der Waals surface area (Å²) in [6.07, 6.45) is 5.90. The maximum atomic E-state index is 9.75. The van der Waals surface area contributed by atoms with E-state index in [-0.39, 0.29) is 12.1 Å². The second-order valence-electron chi connectivity index (χ2n) is 6.23. The molecule has 0 saturated heterocycles. The highest BCUT2D eigenvalue weighted by atomic mass is 16.5. The van der Waals surface area contributed by atoms with Crippen molar-refractivity contribution in [1.29, 1.82) is 0 Å². The lowest BCUT2D eigenvalue weighted by Crippen LogP contribution is -2.50. The van der Waals surface area contributed by atoms with Gasteiger partial charge in [0.05, 0.1) is 13.2 Å². The Morgan fingerprint density at radius 3 is 2.75 bits per heavy atom. The minimum absolute atomic E-state index is 0.0393. The Kier molecular flexibility index (Phi) is 8.03. The van der Waals surface area contributed by atoms with Crippen LogP contribution in [0, 0.1) is 5.92 Å². The molecule has 4 nitrogen and oxygen atoms in total. The van der Waals surface area contributed by atoms with Gasteiger partial charge in [-0.25, -0.2) is 0 Å². The van der Waals surface area contributed by atoms with Crippen molar-refractivity contribution in [3.05, 3.63) is 0 Å². The van der Waals surface area contributed by atoms with Crippen molar-refractivity contribution >= 4 is 0 Å². The van der Waals surface area contributed by atoms with Gasteiger partial charge in [0.15, 0.2) is 0 Å². The quantitative estimate of drug-likeness (QED) is 0.643. The Labute approximate surface area is 124 Å². The van der Waals surface area contributed by atoms with E-state index in [1.54, 1.807) is 7.11 Å². The van der Waals surface area contributed by atoms with Crippen LogP contribution in [0.15, 0.2) is 0 Å². The van der Waals surface area contributed by atoms with Gasteiger partial charge in [0.25, 0.3) is 0 Å². The minimum atomic E-state index is -0.0393. The van der Waals surface area contributed by atoms with Crippen LogP contribution in [0.25, 0.3) is 0 Å². The standard InChI is InChI=1S/C16H34N2O2/c1-5-14(2)18(11-12-20-4)10-8-15-7-6-9-16(15,13-19)17-3/h14-15,17,19H,5-13H2,1-4H3. The van der Waals surface area contributed by atoms with Crippen LogP contribution >= 0.6 is 0 Å². The molecule has 20 heavy (non-hydrogen) atoms. The lowest BCUT2D eigenvalue weighted by Gasteiger charge is -2.36. The van der Waals surface area contributed by atoms with Crippen molar-refractivity contribution in [2.45, 2.75) is 57.5 Å². The Morgan fingerprint density at radius 1 is 1.45 bits per heavy atom. The van der Waals surface area contributed by atoms with Gasteiger partial charge in [0.1, 0.15) is 0 Å². The zero-order valence-electron chi connectivity index (χ0n) is 13.8. The zero-order valence-corrected chi connectivity index (χ0v) is 13.8. The summed E-state index contributed by atoms with van der Waals surface area (Å²) in [6.45, 7) is 7.70. The second-order valence-corrected chi connectivity index (χ2v) is 6.23. The smallest absolute Gasteiger partial charge is 0.0615 e. The van der Waals surface area contributed by atoms with E-state index in [4.69, 9.17) is 4.74 Å². The molecule has 0 radical (unpaired) electrons. The second kappa shape index (κ2) is 8.98. The van der Waals surface area contributed by atoms with Gasteiger partial charge in [-0.15, -0.1) is 0 Å². The fraction of sp³-hybridized carbons (Fsp3) is 1.00.